The molecule has 0 bridgehead atoms. The summed E-state index contributed by atoms with van der Waals surface area (Å²) in [4.78, 5) is 25.1. The molecule has 2 saturated heterocycles. The highest BCUT2D eigenvalue weighted by Gasteiger charge is 2.44. The van der Waals surface area contributed by atoms with Gasteiger partial charge in [0, 0.05) is 19.6 Å². The largest absolute Gasteiger partial charge is 0.353 e. The Hall–Kier alpha value is -0.940. The SMILES string of the molecule is CC1(C)CC(=O)N(CCCO[C@H]2CCCCO2)C1=O. The van der Waals surface area contributed by atoms with Crippen LogP contribution in [0.2, 0.25) is 0 Å². The van der Waals surface area contributed by atoms with Gasteiger partial charge in [0.1, 0.15) is 0 Å². The second-order valence-corrected chi connectivity index (χ2v) is 5.93. The van der Waals surface area contributed by atoms with Crippen LogP contribution >= 0.6 is 0 Å². The maximum atomic E-state index is 12.0. The number of amides is 2. The highest BCUT2D eigenvalue weighted by molar-refractivity contribution is 6.05. The zero-order valence-electron chi connectivity index (χ0n) is 11.8. The first-order valence-corrected chi connectivity index (χ1v) is 7.09. The molecule has 0 saturated carbocycles. The van der Waals surface area contributed by atoms with Crippen LogP contribution in [0.1, 0.15) is 46.0 Å². The summed E-state index contributed by atoms with van der Waals surface area (Å²) >= 11 is 0. The molecule has 2 fully saturated rings. The first-order chi connectivity index (χ1) is 9.00. The van der Waals surface area contributed by atoms with E-state index in [9.17, 15) is 9.59 Å². The van der Waals surface area contributed by atoms with Gasteiger partial charge >= 0.3 is 0 Å². The Bertz CT molecular complexity index is 347. The van der Waals surface area contributed by atoms with Gasteiger partial charge in [-0.05, 0) is 25.7 Å². The van der Waals surface area contributed by atoms with Crippen molar-refractivity contribution < 1.29 is 19.1 Å². The van der Waals surface area contributed by atoms with Crippen molar-refractivity contribution in [1.82, 2.24) is 4.90 Å². The molecule has 2 amide bonds. The number of imide groups is 1. The summed E-state index contributed by atoms with van der Waals surface area (Å²) in [6.07, 6.45) is 4.07. The lowest BCUT2D eigenvalue weighted by Gasteiger charge is -2.23. The normalized spacial score (nSPS) is 27.1. The Kier molecular flexibility index (Phi) is 4.58. The average molecular weight is 269 g/mol. The fourth-order valence-electron chi connectivity index (χ4n) is 2.53. The van der Waals surface area contributed by atoms with Crippen molar-refractivity contribution >= 4 is 11.8 Å². The number of ether oxygens (including phenoxy) is 2. The molecule has 19 heavy (non-hydrogen) atoms. The Labute approximate surface area is 114 Å². The lowest BCUT2D eigenvalue weighted by Crippen LogP contribution is -2.34. The molecule has 2 heterocycles. The van der Waals surface area contributed by atoms with Gasteiger partial charge in [0.05, 0.1) is 12.0 Å². The van der Waals surface area contributed by atoms with Crippen LogP contribution in [0, 0.1) is 5.41 Å². The highest BCUT2D eigenvalue weighted by Crippen LogP contribution is 2.31. The summed E-state index contributed by atoms with van der Waals surface area (Å²) in [7, 11) is 0. The van der Waals surface area contributed by atoms with Gasteiger partial charge in [-0.15, -0.1) is 0 Å². The molecule has 5 heteroatoms. The summed E-state index contributed by atoms with van der Waals surface area (Å²) < 4.78 is 11.0. The number of carbonyl (C=O) groups is 2. The summed E-state index contributed by atoms with van der Waals surface area (Å²) in [6.45, 7) is 5.39. The van der Waals surface area contributed by atoms with Gasteiger partial charge in [0.2, 0.25) is 11.8 Å². The van der Waals surface area contributed by atoms with Crippen LogP contribution in [-0.4, -0.2) is 42.8 Å². The first kappa shape index (κ1) is 14.5. The van der Waals surface area contributed by atoms with E-state index >= 15 is 0 Å². The van der Waals surface area contributed by atoms with Crippen LogP contribution in [0.3, 0.4) is 0 Å². The second-order valence-electron chi connectivity index (χ2n) is 5.93. The summed E-state index contributed by atoms with van der Waals surface area (Å²) in [5.74, 6) is -0.129. The van der Waals surface area contributed by atoms with E-state index in [1.807, 2.05) is 13.8 Å². The van der Waals surface area contributed by atoms with E-state index < -0.39 is 5.41 Å². The molecular formula is C14H23NO4. The van der Waals surface area contributed by atoms with Crippen LogP contribution in [0.4, 0.5) is 0 Å². The minimum absolute atomic E-state index is 0.0635. The molecular weight excluding hydrogens is 246 g/mol. The third kappa shape index (κ3) is 3.54. The van der Waals surface area contributed by atoms with E-state index in [1.165, 1.54) is 4.90 Å². The topological polar surface area (TPSA) is 55.8 Å². The molecule has 0 aromatic carbocycles. The van der Waals surface area contributed by atoms with Gasteiger partial charge in [0.15, 0.2) is 6.29 Å². The molecule has 2 aliphatic rings. The van der Waals surface area contributed by atoms with Gasteiger partial charge in [-0.1, -0.05) is 13.8 Å². The van der Waals surface area contributed by atoms with Crippen molar-refractivity contribution in [3.63, 3.8) is 0 Å². The van der Waals surface area contributed by atoms with Gasteiger partial charge in [0.25, 0.3) is 0 Å². The quantitative estimate of drug-likeness (QED) is 0.563. The lowest BCUT2D eigenvalue weighted by molar-refractivity contribution is -0.163. The highest BCUT2D eigenvalue weighted by atomic mass is 16.7. The van der Waals surface area contributed by atoms with Crippen LogP contribution < -0.4 is 0 Å². The van der Waals surface area contributed by atoms with Crippen molar-refractivity contribution in [1.29, 1.82) is 0 Å². The van der Waals surface area contributed by atoms with Crippen molar-refractivity contribution in [2.24, 2.45) is 5.41 Å². The van der Waals surface area contributed by atoms with Gasteiger partial charge < -0.3 is 9.47 Å². The standard InChI is InChI=1S/C14H23NO4/c1-14(2)10-11(16)15(13(14)17)7-5-9-19-12-6-3-4-8-18-12/h12H,3-10H2,1-2H3/t12-/m0/s1. The number of hydrogen-bond acceptors (Lipinski definition) is 4. The van der Waals surface area contributed by atoms with Crippen LogP contribution in [0.5, 0.6) is 0 Å². The van der Waals surface area contributed by atoms with Crippen LogP contribution in [0.25, 0.3) is 0 Å². The second kappa shape index (κ2) is 6.01. The van der Waals surface area contributed by atoms with E-state index in [1.54, 1.807) is 0 Å². The number of likely N-dealkylation sites (tertiary alicyclic amines) is 1. The lowest BCUT2D eigenvalue weighted by atomic mass is 9.92. The Morgan fingerprint density at radius 1 is 1.37 bits per heavy atom. The van der Waals surface area contributed by atoms with Crippen LogP contribution in [0.15, 0.2) is 0 Å². The molecule has 108 valence electrons. The molecule has 0 N–H and O–H groups in total. The average Bonchev–Trinajstić information content (AvgIpc) is 2.57. The molecule has 2 rings (SSSR count). The summed E-state index contributed by atoms with van der Waals surface area (Å²) in [5, 5.41) is 0. The zero-order chi connectivity index (χ0) is 13.9. The zero-order valence-corrected chi connectivity index (χ0v) is 11.8. The van der Waals surface area contributed by atoms with E-state index in [0.717, 1.165) is 25.9 Å². The molecule has 5 nitrogen and oxygen atoms in total. The number of rotatable bonds is 5. The maximum absolute atomic E-state index is 12.0. The molecule has 0 spiro atoms. The molecule has 0 aromatic rings. The molecule has 0 aromatic heterocycles. The predicted octanol–water partition coefficient (Wildman–Crippen LogP) is 1.70. The van der Waals surface area contributed by atoms with E-state index in [2.05, 4.69) is 0 Å². The third-order valence-corrected chi connectivity index (χ3v) is 3.69. The Balaban J connectivity index is 1.68. The smallest absolute Gasteiger partial charge is 0.235 e. The fourth-order valence-corrected chi connectivity index (χ4v) is 2.53. The first-order valence-electron chi connectivity index (χ1n) is 7.09. The molecule has 2 aliphatic heterocycles. The predicted molar refractivity (Wildman–Crippen MR) is 69.3 cm³/mol. The third-order valence-electron chi connectivity index (χ3n) is 3.69. The Morgan fingerprint density at radius 3 is 2.74 bits per heavy atom. The number of nitrogens with zero attached hydrogens (tertiary/aromatic N) is 1. The number of carbonyl (C=O) groups excluding carboxylic acids is 2. The summed E-state index contributed by atoms with van der Waals surface area (Å²) in [6, 6.07) is 0. The number of hydrogen-bond donors (Lipinski definition) is 0. The van der Waals surface area contributed by atoms with Crippen LogP contribution in [-0.2, 0) is 19.1 Å². The van der Waals surface area contributed by atoms with Crippen molar-refractivity contribution in [3.8, 4) is 0 Å². The Morgan fingerprint density at radius 2 is 2.16 bits per heavy atom. The van der Waals surface area contributed by atoms with Crippen molar-refractivity contribution in [3.05, 3.63) is 0 Å². The van der Waals surface area contributed by atoms with Gasteiger partial charge in [-0.2, -0.15) is 0 Å². The van der Waals surface area contributed by atoms with E-state index in [4.69, 9.17) is 9.47 Å². The van der Waals surface area contributed by atoms with E-state index in [-0.39, 0.29) is 18.1 Å². The van der Waals surface area contributed by atoms with Gasteiger partial charge in [-0.3, -0.25) is 14.5 Å². The monoisotopic (exact) mass is 269 g/mol. The summed E-state index contributed by atoms with van der Waals surface area (Å²) in [5.41, 5.74) is -0.537. The molecule has 1 atom stereocenters. The molecule has 0 unspecified atom stereocenters. The molecule has 0 aliphatic carbocycles. The minimum Gasteiger partial charge on any atom is -0.353 e. The van der Waals surface area contributed by atoms with E-state index in [0.29, 0.717) is 26.0 Å². The maximum Gasteiger partial charge on any atom is 0.235 e. The van der Waals surface area contributed by atoms with Crippen molar-refractivity contribution in [2.75, 3.05) is 19.8 Å². The van der Waals surface area contributed by atoms with Crippen molar-refractivity contribution in [2.45, 2.75) is 52.2 Å². The fraction of sp³-hybridized carbons (Fsp3) is 0.857. The molecule has 0 radical (unpaired) electrons. The minimum atomic E-state index is -0.537. The van der Waals surface area contributed by atoms with Gasteiger partial charge in [-0.25, -0.2) is 0 Å².